The Morgan fingerprint density at radius 3 is 2.53 bits per heavy atom. The summed E-state index contributed by atoms with van der Waals surface area (Å²) < 4.78 is 51.9. The Kier molecular flexibility index (Phi) is 4.78. The number of hydrogen-bond donors (Lipinski definition) is 3. The molecular formula is C10H13F2N3O3S. The van der Waals surface area contributed by atoms with Gasteiger partial charge in [-0.25, -0.2) is 21.9 Å². The summed E-state index contributed by atoms with van der Waals surface area (Å²) in [5.74, 6) is -3.18. The lowest BCUT2D eigenvalue weighted by atomic mass is 10.3. The van der Waals surface area contributed by atoms with Gasteiger partial charge in [0.25, 0.3) is 0 Å². The predicted octanol–water partition coefficient (Wildman–Crippen LogP) is -0.0386. The van der Waals surface area contributed by atoms with Gasteiger partial charge in [0.1, 0.15) is 4.90 Å². The van der Waals surface area contributed by atoms with Crippen molar-refractivity contribution in [2.75, 3.05) is 18.8 Å². The molecule has 1 rings (SSSR count). The van der Waals surface area contributed by atoms with Crippen molar-refractivity contribution >= 4 is 21.6 Å². The van der Waals surface area contributed by atoms with E-state index in [1.54, 1.807) is 0 Å². The van der Waals surface area contributed by atoms with E-state index in [0.717, 1.165) is 6.07 Å². The Bertz CT molecular complexity index is 590. The minimum Gasteiger partial charge on any atom is -0.399 e. The maximum Gasteiger partial charge on any atom is 0.243 e. The molecular weight excluding hydrogens is 280 g/mol. The van der Waals surface area contributed by atoms with E-state index in [0.29, 0.717) is 6.07 Å². The Morgan fingerprint density at radius 1 is 1.32 bits per heavy atom. The number of carbonyl (C=O) groups excluding carboxylic acids is 1. The van der Waals surface area contributed by atoms with Crippen LogP contribution in [0.2, 0.25) is 0 Å². The monoisotopic (exact) mass is 293 g/mol. The SMILES string of the molecule is CC(=O)NCCNS(=O)(=O)c1cc(N)cc(F)c1F. The summed E-state index contributed by atoms with van der Waals surface area (Å²) in [4.78, 5) is 9.70. The molecule has 6 nitrogen and oxygen atoms in total. The summed E-state index contributed by atoms with van der Waals surface area (Å²) in [6.45, 7) is 1.14. The van der Waals surface area contributed by atoms with Crippen LogP contribution in [0.5, 0.6) is 0 Å². The fourth-order valence-electron chi connectivity index (χ4n) is 1.28. The fraction of sp³-hybridized carbons (Fsp3) is 0.300. The van der Waals surface area contributed by atoms with Crippen LogP contribution in [0.3, 0.4) is 0 Å². The molecule has 19 heavy (non-hydrogen) atoms. The largest absolute Gasteiger partial charge is 0.399 e. The van der Waals surface area contributed by atoms with Gasteiger partial charge in [0.2, 0.25) is 15.9 Å². The zero-order valence-corrected chi connectivity index (χ0v) is 10.9. The highest BCUT2D eigenvalue weighted by atomic mass is 32.2. The minimum absolute atomic E-state index is 0.0288. The molecule has 9 heteroatoms. The number of amides is 1. The molecule has 0 fully saturated rings. The first-order valence-corrected chi connectivity index (χ1v) is 6.71. The number of nitrogen functional groups attached to an aromatic ring is 1. The highest BCUT2D eigenvalue weighted by molar-refractivity contribution is 7.89. The van der Waals surface area contributed by atoms with E-state index in [-0.39, 0.29) is 24.7 Å². The average molecular weight is 293 g/mol. The number of sulfonamides is 1. The number of carbonyl (C=O) groups is 1. The van der Waals surface area contributed by atoms with Crippen molar-refractivity contribution in [3.8, 4) is 0 Å². The summed E-state index contributed by atoms with van der Waals surface area (Å²) in [5.41, 5.74) is 5.06. The first-order valence-electron chi connectivity index (χ1n) is 5.22. The number of hydrogen-bond acceptors (Lipinski definition) is 4. The lowest BCUT2D eigenvalue weighted by molar-refractivity contribution is -0.118. The van der Waals surface area contributed by atoms with Gasteiger partial charge in [-0.2, -0.15) is 0 Å². The zero-order chi connectivity index (χ0) is 14.6. The lowest BCUT2D eigenvalue weighted by Gasteiger charge is -2.09. The molecule has 0 radical (unpaired) electrons. The number of anilines is 1. The molecule has 0 spiro atoms. The van der Waals surface area contributed by atoms with E-state index in [1.807, 2.05) is 4.72 Å². The van der Waals surface area contributed by atoms with Gasteiger partial charge >= 0.3 is 0 Å². The molecule has 0 saturated heterocycles. The molecule has 0 heterocycles. The number of nitrogens with two attached hydrogens (primary N) is 1. The molecule has 0 aromatic heterocycles. The van der Waals surface area contributed by atoms with E-state index >= 15 is 0 Å². The van der Waals surface area contributed by atoms with Crippen LogP contribution < -0.4 is 15.8 Å². The second-order valence-electron chi connectivity index (χ2n) is 3.70. The third-order valence-electron chi connectivity index (χ3n) is 2.10. The number of benzene rings is 1. The van der Waals surface area contributed by atoms with Crippen molar-refractivity contribution in [2.45, 2.75) is 11.8 Å². The topological polar surface area (TPSA) is 101 Å². The van der Waals surface area contributed by atoms with Crippen molar-refractivity contribution < 1.29 is 22.0 Å². The Labute approximate surface area is 109 Å². The second-order valence-corrected chi connectivity index (χ2v) is 5.43. The number of rotatable bonds is 5. The number of nitrogens with one attached hydrogen (secondary N) is 2. The predicted molar refractivity (Wildman–Crippen MR) is 64.6 cm³/mol. The van der Waals surface area contributed by atoms with Crippen molar-refractivity contribution in [3.63, 3.8) is 0 Å². The van der Waals surface area contributed by atoms with Crippen LogP contribution in [0.1, 0.15) is 6.92 Å². The van der Waals surface area contributed by atoms with Crippen molar-refractivity contribution in [1.82, 2.24) is 10.0 Å². The van der Waals surface area contributed by atoms with E-state index in [4.69, 9.17) is 5.73 Å². The van der Waals surface area contributed by atoms with Gasteiger partial charge in [0, 0.05) is 25.7 Å². The van der Waals surface area contributed by atoms with Gasteiger partial charge in [-0.1, -0.05) is 0 Å². The van der Waals surface area contributed by atoms with Crippen LogP contribution in [0, 0.1) is 11.6 Å². The molecule has 1 aromatic rings. The van der Waals surface area contributed by atoms with E-state index in [2.05, 4.69) is 5.32 Å². The fourth-order valence-corrected chi connectivity index (χ4v) is 2.43. The molecule has 0 unspecified atom stereocenters. The highest BCUT2D eigenvalue weighted by Gasteiger charge is 2.22. The summed E-state index contributed by atoms with van der Waals surface area (Å²) >= 11 is 0. The van der Waals surface area contributed by atoms with Gasteiger partial charge in [0.15, 0.2) is 11.6 Å². The van der Waals surface area contributed by atoms with Gasteiger partial charge in [-0.15, -0.1) is 0 Å². The van der Waals surface area contributed by atoms with Gasteiger partial charge in [0.05, 0.1) is 0 Å². The quantitative estimate of drug-likeness (QED) is 0.524. The van der Waals surface area contributed by atoms with Gasteiger partial charge in [-0.3, -0.25) is 4.79 Å². The molecule has 0 saturated carbocycles. The first-order chi connectivity index (χ1) is 8.74. The Balaban J connectivity index is 2.86. The summed E-state index contributed by atoms with van der Waals surface area (Å²) in [6.07, 6.45) is 0. The summed E-state index contributed by atoms with van der Waals surface area (Å²) in [7, 11) is -4.23. The third-order valence-corrected chi connectivity index (χ3v) is 3.56. The number of halogens is 2. The smallest absolute Gasteiger partial charge is 0.243 e. The van der Waals surface area contributed by atoms with Crippen LogP contribution in [0.15, 0.2) is 17.0 Å². The van der Waals surface area contributed by atoms with Crippen LogP contribution in [0.4, 0.5) is 14.5 Å². The Morgan fingerprint density at radius 2 is 1.95 bits per heavy atom. The van der Waals surface area contributed by atoms with Crippen LogP contribution in [-0.4, -0.2) is 27.4 Å². The zero-order valence-electron chi connectivity index (χ0n) is 10.0. The second kappa shape index (κ2) is 5.93. The van der Waals surface area contributed by atoms with Crippen molar-refractivity contribution in [2.24, 2.45) is 0 Å². The van der Waals surface area contributed by atoms with E-state index < -0.39 is 26.6 Å². The standard InChI is InChI=1S/C10H13F2N3O3S/c1-6(16)14-2-3-15-19(17,18)9-5-7(13)4-8(11)10(9)12/h4-5,15H,2-3,13H2,1H3,(H,14,16). The van der Waals surface area contributed by atoms with Crippen LogP contribution >= 0.6 is 0 Å². The maximum atomic E-state index is 13.4. The summed E-state index contributed by atoms with van der Waals surface area (Å²) in [5, 5.41) is 2.35. The molecule has 0 aliphatic heterocycles. The van der Waals surface area contributed by atoms with Crippen molar-refractivity contribution in [3.05, 3.63) is 23.8 Å². The molecule has 0 aliphatic carbocycles. The third kappa shape index (κ3) is 4.14. The van der Waals surface area contributed by atoms with Crippen LogP contribution in [-0.2, 0) is 14.8 Å². The molecule has 1 aromatic carbocycles. The molecule has 0 aliphatic rings. The van der Waals surface area contributed by atoms with Crippen molar-refractivity contribution in [1.29, 1.82) is 0 Å². The molecule has 0 bridgehead atoms. The molecule has 4 N–H and O–H groups in total. The molecule has 106 valence electrons. The molecule has 1 amide bonds. The minimum atomic E-state index is -4.23. The lowest BCUT2D eigenvalue weighted by Crippen LogP contribution is -2.34. The average Bonchev–Trinajstić information content (AvgIpc) is 2.29. The first kappa shape index (κ1) is 15.3. The van der Waals surface area contributed by atoms with E-state index in [1.165, 1.54) is 6.92 Å². The van der Waals surface area contributed by atoms with Gasteiger partial charge in [-0.05, 0) is 12.1 Å². The highest BCUT2D eigenvalue weighted by Crippen LogP contribution is 2.20. The van der Waals surface area contributed by atoms with E-state index in [9.17, 15) is 22.0 Å². The normalized spacial score (nSPS) is 11.3. The summed E-state index contributed by atoms with van der Waals surface area (Å²) in [6, 6.07) is 1.50. The van der Waals surface area contributed by atoms with Gasteiger partial charge < -0.3 is 11.1 Å². The maximum absolute atomic E-state index is 13.4. The van der Waals surface area contributed by atoms with Crippen LogP contribution in [0.25, 0.3) is 0 Å². The Hall–Kier alpha value is -1.74. The molecule has 0 atom stereocenters.